The second kappa shape index (κ2) is 5.01. The molecule has 0 fully saturated rings. The quantitative estimate of drug-likeness (QED) is 0.596. The zero-order valence-corrected chi connectivity index (χ0v) is 13.2. The van der Waals surface area contributed by atoms with Crippen molar-refractivity contribution in [2.45, 2.75) is 13.1 Å². The van der Waals surface area contributed by atoms with E-state index in [-0.39, 0.29) is 0 Å². The van der Waals surface area contributed by atoms with Crippen molar-refractivity contribution in [3.63, 3.8) is 0 Å². The number of fused-ring (bicyclic) bond motifs is 2. The minimum Gasteiger partial charge on any atom is -0.336 e. The predicted octanol–water partition coefficient (Wildman–Crippen LogP) is 2.63. The van der Waals surface area contributed by atoms with Crippen LogP contribution in [0.5, 0.6) is 0 Å². The minimum atomic E-state index is 0.727. The Balaban J connectivity index is 1.67. The second-order valence-electron chi connectivity index (χ2n) is 6.13. The first kappa shape index (κ1) is 13.4. The molecule has 2 N–H and O–H groups in total. The van der Waals surface area contributed by atoms with Crippen LogP contribution in [0, 0.1) is 0 Å². The molecule has 0 aliphatic carbocycles. The lowest BCUT2D eigenvalue weighted by atomic mass is 10.0. The highest BCUT2D eigenvalue weighted by Crippen LogP contribution is 2.30. The molecular weight excluding hydrogens is 300 g/mol. The van der Waals surface area contributed by atoms with E-state index in [1.807, 2.05) is 25.5 Å². The van der Waals surface area contributed by atoms with Gasteiger partial charge in [0.2, 0.25) is 0 Å². The van der Waals surface area contributed by atoms with Gasteiger partial charge in [0, 0.05) is 38.1 Å². The van der Waals surface area contributed by atoms with Crippen LogP contribution in [0.1, 0.15) is 11.1 Å². The fourth-order valence-corrected chi connectivity index (χ4v) is 3.29. The van der Waals surface area contributed by atoms with Gasteiger partial charge in [0.15, 0.2) is 5.65 Å². The third kappa shape index (κ3) is 2.04. The molecule has 6 heteroatoms. The molecule has 0 radical (unpaired) electrons. The van der Waals surface area contributed by atoms with Gasteiger partial charge in [-0.25, -0.2) is 9.97 Å². The third-order valence-corrected chi connectivity index (χ3v) is 4.52. The molecule has 4 aromatic rings. The van der Waals surface area contributed by atoms with E-state index in [1.165, 1.54) is 16.7 Å². The van der Waals surface area contributed by atoms with E-state index in [1.54, 1.807) is 10.9 Å². The number of aromatic amines is 1. The van der Waals surface area contributed by atoms with Crippen molar-refractivity contribution in [1.29, 1.82) is 0 Å². The number of imidazole rings is 1. The van der Waals surface area contributed by atoms with Crippen molar-refractivity contribution in [3.8, 4) is 22.5 Å². The van der Waals surface area contributed by atoms with Crippen molar-refractivity contribution < 1.29 is 0 Å². The average molecular weight is 316 g/mol. The Morgan fingerprint density at radius 2 is 2.00 bits per heavy atom. The first-order chi connectivity index (χ1) is 11.8. The summed E-state index contributed by atoms with van der Waals surface area (Å²) in [6, 6.07) is 8.67. The molecule has 0 saturated carbocycles. The summed E-state index contributed by atoms with van der Waals surface area (Å²) < 4.78 is 1.77. The van der Waals surface area contributed by atoms with Crippen LogP contribution in [-0.2, 0) is 20.1 Å². The number of rotatable bonds is 2. The second-order valence-corrected chi connectivity index (χ2v) is 6.13. The molecule has 1 aliphatic heterocycles. The largest absolute Gasteiger partial charge is 0.336 e. The smallest absolute Gasteiger partial charge is 0.178 e. The molecule has 0 atom stereocenters. The van der Waals surface area contributed by atoms with Crippen LogP contribution >= 0.6 is 0 Å². The van der Waals surface area contributed by atoms with Crippen LogP contribution < -0.4 is 5.32 Å². The Morgan fingerprint density at radius 3 is 2.88 bits per heavy atom. The molecule has 0 unspecified atom stereocenters. The SMILES string of the molecule is Cn1cc(-c2nc3nccc(-c4ccc5c(c4)CNC5)c3[nH]2)cn1. The Morgan fingerprint density at radius 1 is 1.08 bits per heavy atom. The Hall–Kier alpha value is -2.99. The molecule has 24 heavy (non-hydrogen) atoms. The van der Waals surface area contributed by atoms with E-state index in [4.69, 9.17) is 0 Å². The number of H-pyrrole nitrogens is 1. The lowest BCUT2D eigenvalue weighted by Gasteiger charge is -2.05. The van der Waals surface area contributed by atoms with Gasteiger partial charge in [0.1, 0.15) is 5.82 Å². The highest BCUT2D eigenvalue weighted by Gasteiger charge is 2.15. The van der Waals surface area contributed by atoms with Gasteiger partial charge >= 0.3 is 0 Å². The van der Waals surface area contributed by atoms with Crippen molar-refractivity contribution in [2.75, 3.05) is 0 Å². The third-order valence-electron chi connectivity index (χ3n) is 4.52. The number of nitrogens with zero attached hydrogens (tertiary/aromatic N) is 4. The summed E-state index contributed by atoms with van der Waals surface area (Å²) >= 11 is 0. The van der Waals surface area contributed by atoms with Gasteiger partial charge in [-0.2, -0.15) is 5.10 Å². The molecule has 1 aliphatic rings. The zero-order chi connectivity index (χ0) is 16.1. The number of aryl methyl sites for hydroxylation is 1. The first-order valence-corrected chi connectivity index (χ1v) is 7.94. The number of nitrogens with one attached hydrogen (secondary N) is 2. The van der Waals surface area contributed by atoms with Crippen molar-refractivity contribution in [1.82, 2.24) is 30.0 Å². The molecule has 0 spiro atoms. The highest BCUT2D eigenvalue weighted by atomic mass is 15.2. The lowest BCUT2D eigenvalue weighted by Crippen LogP contribution is -1.99. The molecule has 3 aromatic heterocycles. The molecule has 118 valence electrons. The summed E-state index contributed by atoms with van der Waals surface area (Å²) in [4.78, 5) is 12.5. The van der Waals surface area contributed by atoms with E-state index in [0.717, 1.165) is 41.2 Å². The average Bonchev–Trinajstić information content (AvgIpc) is 3.31. The Bertz CT molecular complexity index is 1060. The summed E-state index contributed by atoms with van der Waals surface area (Å²) in [5, 5.41) is 7.60. The van der Waals surface area contributed by atoms with Gasteiger partial charge in [-0.1, -0.05) is 12.1 Å². The van der Waals surface area contributed by atoms with Gasteiger partial charge in [0.25, 0.3) is 0 Å². The lowest BCUT2D eigenvalue weighted by molar-refractivity contribution is 0.765. The molecule has 0 saturated heterocycles. The maximum Gasteiger partial charge on any atom is 0.178 e. The highest BCUT2D eigenvalue weighted by molar-refractivity contribution is 5.91. The summed E-state index contributed by atoms with van der Waals surface area (Å²) in [5.74, 6) is 0.792. The first-order valence-electron chi connectivity index (χ1n) is 7.94. The van der Waals surface area contributed by atoms with Crippen LogP contribution in [0.15, 0.2) is 42.9 Å². The Labute approximate surface area is 138 Å². The van der Waals surface area contributed by atoms with Crippen molar-refractivity contribution >= 4 is 11.2 Å². The summed E-state index contributed by atoms with van der Waals surface area (Å²) in [7, 11) is 1.90. The number of pyridine rings is 1. The van der Waals surface area contributed by atoms with Crippen LogP contribution in [0.4, 0.5) is 0 Å². The summed E-state index contributed by atoms with van der Waals surface area (Å²) in [5.41, 5.74) is 7.70. The zero-order valence-electron chi connectivity index (χ0n) is 13.2. The predicted molar refractivity (Wildman–Crippen MR) is 92.1 cm³/mol. The van der Waals surface area contributed by atoms with E-state index in [0.29, 0.717) is 0 Å². The molecule has 0 bridgehead atoms. The molecule has 6 nitrogen and oxygen atoms in total. The van der Waals surface area contributed by atoms with Crippen LogP contribution in [0.25, 0.3) is 33.7 Å². The number of hydrogen-bond donors (Lipinski definition) is 2. The molecule has 4 heterocycles. The van der Waals surface area contributed by atoms with Crippen LogP contribution in [0.2, 0.25) is 0 Å². The normalized spacial score (nSPS) is 13.5. The van der Waals surface area contributed by atoms with Gasteiger partial charge in [-0.05, 0) is 28.8 Å². The minimum absolute atomic E-state index is 0.727. The molecule has 5 rings (SSSR count). The molecular formula is C18H16N6. The van der Waals surface area contributed by atoms with E-state index >= 15 is 0 Å². The van der Waals surface area contributed by atoms with Crippen molar-refractivity contribution in [2.24, 2.45) is 7.05 Å². The van der Waals surface area contributed by atoms with Gasteiger partial charge in [-0.15, -0.1) is 0 Å². The van der Waals surface area contributed by atoms with E-state index < -0.39 is 0 Å². The van der Waals surface area contributed by atoms with E-state index in [9.17, 15) is 0 Å². The number of benzene rings is 1. The molecule has 1 aromatic carbocycles. The number of hydrogen-bond acceptors (Lipinski definition) is 4. The van der Waals surface area contributed by atoms with Crippen LogP contribution in [0.3, 0.4) is 0 Å². The molecule has 0 amide bonds. The maximum atomic E-state index is 4.62. The maximum absolute atomic E-state index is 4.62. The standard InChI is InChI=1S/C18H16N6/c1-24-10-14(9-21-24)17-22-16-15(4-5-20-18(16)23-17)11-2-3-12-7-19-8-13(12)6-11/h2-6,9-10,19H,7-8H2,1H3,(H,20,22,23). The monoisotopic (exact) mass is 316 g/mol. The fourth-order valence-electron chi connectivity index (χ4n) is 3.29. The van der Waals surface area contributed by atoms with Gasteiger partial charge in [-0.3, -0.25) is 4.68 Å². The Kier molecular flexibility index (Phi) is 2.80. The summed E-state index contributed by atoms with van der Waals surface area (Å²) in [6.45, 7) is 1.89. The van der Waals surface area contributed by atoms with E-state index in [2.05, 4.69) is 43.6 Å². The number of aromatic nitrogens is 5. The van der Waals surface area contributed by atoms with Gasteiger partial charge < -0.3 is 10.3 Å². The van der Waals surface area contributed by atoms with Crippen LogP contribution in [-0.4, -0.2) is 24.7 Å². The topological polar surface area (TPSA) is 71.4 Å². The van der Waals surface area contributed by atoms with Crippen molar-refractivity contribution in [3.05, 3.63) is 54.0 Å². The fraction of sp³-hybridized carbons (Fsp3) is 0.167. The van der Waals surface area contributed by atoms with Gasteiger partial charge in [0.05, 0.1) is 17.3 Å². The summed E-state index contributed by atoms with van der Waals surface area (Å²) in [6.07, 6.45) is 5.56.